The van der Waals surface area contributed by atoms with Crippen LogP contribution in [-0.4, -0.2) is 57.0 Å². The van der Waals surface area contributed by atoms with Gasteiger partial charge in [-0.25, -0.2) is 4.79 Å². The topological polar surface area (TPSA) is 50.8 Å². The SMILES string of the molecule is COCCN(CC1(C)CCOCC1)C(=O)NC1CCCCC1. The molecule has 2 fully saturated rings. The second-order valence-electron chi connectivity index (χ2n) is 7.12. The quantitative estimate of drug-likeness (QED) is 0.820. The van der Waals surface area contributed by atoms with Crippen molar-refractivity contribution in [2.75, 3.05) is 40.0 Å². The Morgan fingerprint density at radius 1 is 1.27 bits per heavy atom. The first-order chi connectivity index (χ1) is 10.6. The third-order valence-corrected chi connectivity index (χ3v) is 5.06. The summed E-state index contributed by atoms with van der Waals surface area (Å²) in [5, 5.41) is 3.23. The Labute approximate surface area is 134 Å². The summed E-state index contributed by atoms with van der Waals surface area (Å²) in [4.78, 5) is 14.6. The van der Waals surface area contributed by atoms with Crippen LogP contribution in [0.2, 0.25) is 0 Å². The molecule has 0 spiro atoms. The minimum absolute atomic E-state index is 0.0802. The second kappa shape index (κ2) is 8.73. The number of urea groups is 1. The number of carbonyl (C=O) groups is 1. The van der Waals surface area contributed by atoms with Gasteiger partial charge in [0.2, 0.25) is 0 Å². The van der Waals surface area contributed by atoms with Crippen LogP contribution in [0.15, 0.2) is 0 Å². The minimum Gasteiger partial charge on any atom is -0.383 e. The second-order valence-corrected chi connectivity index (χ2v) is 7.12. The lowest BCUT2D eigenvalue weighted by atomic mass is 9.82. The summed E-state index contributed by atoms with van der Waals surface area (Å²) < 4.78 is 10.7. The van der Waals surface area contributed by atoms with Crippen molar-refractivity contribution < 1.29 is 14.3 Å². The van der Waals surface area contributed by atoms with Crippen molar-refractivity contribution in [1.82, 2.24) is 10.2 Å². The van der Waals surface area contributed by atoms with Crippen molar-refractivity contribution in [3.63, 3.8) is 0 Å². The number of methoxy groups -OCH3 is 1. The molecule has 22 heavy (non-hydrogen) atoms. The third-order valence-electron chi connectivity index (χ3n) is 5.06. The van der Waals surface area contributed by atoms with Crippen molar-refractivity contribution >= 4 is 6.03 Å². The van der Waals surface area contributed by atoms with E-state index in [1.165, 1.54) is 19.3 Å². The first-order valence-electron chi connectivity index (χ1n) is 8.75. The van der Waals surface area contributed by atoms with Crippen LogP contribution in [0, 0.1) is 5.41 Å². The zero-order valence-corrected chi connectivity index (χ0v) is 14.2. The third kappa shape index (κ3) is 5.43. The van der Waals surface area contributed by atoms with Gasteiger partial charge in [0.25, 0.3) is 0 Å². The molecule has 2 aliphatic rings. The molecule has 0 aromatic rings. The van der Waals surface area contributed by atoms with Crippen LogP contribution < -0.4 is 5.32 Å². The molecule has 1 N–H and O–H groups in total. The van der Waals surface area contributed by atoms with Crippen molar-refractivity contribution in [2.24, 2.45) is 5.41 Å². The fourth-order valence-electron chi connectivity index (χ4n) is 3.45. The molecule has 2 rings (SSSR count). The van der Waals surface area contributed by atoms with Crippen molar-refractivity contribution in [3.05, 3.63) is 0 Å². The highest BCUT2D eigenvalue weighted by atomic mass is 16.5. The van der Waals surface area contributed by atoms with Crippen LogP contribution >= 0.6 is 0 Å². The number of hydrogen-bond donors (Lipinski definition) is 1. The van der Waals surface area contributed by atoms with E-state index in [-0.39, 0.29) is 11.4 Å². The molecule has 0 aromatic carbocycles. The largest absolute Gasteiger partial charge is 0.383 e. The highest BCUT2D eigenvalue weighted by molar-refractivity contribution is 5.74. The predicted molar refractivity (Wildman–Crippen MR) is 87.0 cm³/mol. The van der Waals surface area contributed by atoms with E-state index in [0.29, 0.717) is 19.2 Å². The Balaban J connectivity index is 1.90. The van der Waals surface area contributed by atoms with Crippen LogP contribution in [0.3, 0.4) is 0 Å². The van der Waals surface area contributed by atoms with E-state index in [1.807, 2.05) is 4.90 Å². The van der Waals surface area contributed by atoms with Crippen molar-refractivity contribution in [2.45, 2.75) is 57.9 Å². The molecule has 0 unspecified atom stereocenters. The molecule has 0 atom stereocenters. The summed E-state index contributed by atoms with van der Waals surface area (Å²) >= 11 is 0. The highest BCUT2D eigenvalue weighted by Crippen LogP contribution is 2.30. The normalized spacial score (nSPS) is 22.3. The molecule has 0 bridgehead atoms. The van der Waals surface area contributed by atoms with E-state index in [1.54, 1.807) is 7.11 Å². The van der Waals surface area contributed by atoms with Gasteiger partial charge in [-0.2, -0.15) is 0 Å². The molecule has 0 aromatic heterocycles. The van der Waals surface area contributed by atoms with Gasteiger partial charge in [-0.3, -0.25) is 0 Å². The highest BCUT2D eigenvalue weighted by Gasteiger charge is 2.32. The Kier molecular flexibility index (Phi) is 6.96. The fourth-order valence-corrected chi connectivity index (χ4v) is 3.45. The van der Waals surface area contributed by atoms with Crippen LogP contribution in [0.5, 0.6) is 0 Å². The molecule has 1 aliphatic heterocycles. The van der Waals surface area contributed by atoms with Gasteiger partial charge < -0.3 is 19.7 Å². The van der Waals surface area contributed by atoms with E-state index in [0.717, 1.165) is 45.4 Å². The summed E-state index contributed by atoms with van der Waals surface area (Å²) in [5.74, 6) is 0. The minimum atomic E-state index is 0.0802. The van der Waals surface area contributed by atoms with Crippen LogP contribution in [-0.2, 0) is 9.47 Å². The summed E-state index contributed by atoms with van der Waals surface area (Å²) in [6.45, 7) is 5.91. The number of hydrogen-bond acceptors (Lipinski definition) is 3. The Hall–Kier alpha value is -0.810. The lowest BCUT2D eigenvalue weighted by molar-refractivity contribution is 0.00780. The summed E-state index contributed by atoms with van der Waals surface area (Å²) in [6.07, 6.45) is 8.05. The lowest BCUT2D eigenvalue weighted by Gasteiger charge is -2.38. The van der Waals surface area contributed by atoms with Gasteiger partial charge in [0.1, 0.15) is 0 Å². The molecule has 5 heteroatoms. The zero-order chi connectivity index (χ0) is 15.8. The number of ether oxygens (including phenoxy) is 2. The Morgan fingerprint density at radius 2 is 1.95 bits per heavy atom. The zero-order valence-electron chi connectivity index (χ0n) is 14.2. The molecule has 1 saturated carbocycles. The van der Waals surface area contributed by atoms with E-state index in [9.17, 15) is 4.79 Å². The fraction of sp³-hybridized carbons (Fsp3) is 0.941. The summed E-state index contributed by atoms with van der Waals surface area (Å²) in [7, 11) is 1.69. The van der Waals surface area contributed by atoms with Gasteiger partial charge in [-0.1, -0.05) is 26.2 Å². The molecule has 128 valence electrons. The summed E-state index contributed by atoms with van der Waals surface area (Å²) in [6, 6.07) is 0.436. The number of rotatable bonds is 6. The molecule has 1 heterocycles. The average Bonchev–Trinajstić information content (AvgIpc) is 2.53. The van der Waals surface area contributed by atoms with Crippen molar-refractivity contribution in [3.8, 4) is 0 Å². The van der Waals surface area contributed by atoms with Gasteiger partial charge >= 0.3 is 6.03 Å². The maximum absolute atomic E-state index is 12.7. The van der Waals surface area contributed by atoms with E-state index in [2.05, 4.69) is 12.2 Å². The standard InChI is InChI=1S/C17H32N2O3/c1-17(8-11-22-12-9-17)14-19(10-13-21-2)16(20)18-15-6-4-3-5-7-15/h15H,3-14H2,1-2H3,(H,18,20). The van der Waals surface area contributed by atoms with E-state index in [4.69, 9.17) is 9.47 Å². The van der Waals surface area contributed by atoms with Gasteiger partial charge in [0, 0.05) is 39.5 Å². The lowest BCUT2D eigenvalue weighted by Crippen LogP contribution is -2.50. The number of carbonyl (C=O) groups excluding carboxylic acids is 1. The average molecular weight is 312 g/mol. The molecule has 1 saturated heterocycles. The molecule has 2 amide bonds. The molecular weight excluding hydrogens is 280 g/mol. The van der Waals surface area contributed by atoms with Crippen LogP contribution in [0.25, 0.3) is 0 Å². The maximum atomic E-state index is 12.7. The first-order valence-corrected chi connectivity index (χ1v) is 8.75. The number of amides is 2. The summed E-state index contributed by atoms with van der Waals surface area (Å²) in [5.41, 5.74) is 0.163. The number of nitrogens with one attached hydrogen (secondary N) is 1. The van der Waals surface area contributed by atoms with Crippen molar-refractivity contribution in [1.29, 1.82) is 0 Å². The van der Waals surface area contributed by atoms with E-state index < -0.39 is 0 Å². The van der Waals surface area contributed by atoms with Gasteiger partial charge in [-0.15, -0.1) is 0 Å². The van der Waals surface area contributed by atoms with E-state index >= 15 is 0 Å². The molecule has 0 radical (unpaired) electrons. The maximum Gasteiger partial charge on any atom is 0.317 e. The first kappa shape index (κ1) is 17.5. The van der Waals surface area contributed by atoms with Gasteiger partial charge in [0.15, 0.2) is 0 Å². The molecule has 1 aliphatic carbocycles. The van der Waals surface area contributed by atoms with Gasteiger partial charge in [-0.05, 0) is 31.1 Å². The number of nitrogens with zero attached hydrogens (tertiary/aromatic N) is 1. The Morgan fingerprint density at radius 3 is 2.59 bits per heavy atom. The molecular formula is C17H32N2O3. The monoisotopic (exact) mass is 312 g/mol. The van der Waals surface area contributed by atoms with Gasteiger partial charge in [0.05, 0.1) is 6.61 Å². The smallest absolute Gasteiger partial charge is 0.317 e. The predicted octanol–water partition coefficient (Wildman–Crippen LogP) is 2.79. The van der Waals surface area contributed by atoms with Crippen LogP contribution in [0.4, 0.5) is 4.79 Å². The van der Waals surface area contributed by atoms with Crippen LogP contribution in [0.1, 0.15) is 51.9 Å². The Bertz CT molecular complexity index is 337. The molecule has 5 nitrogen and oxygen atoms in total.